The molecule has 1 fully saturated rings. The summed E-state index contributed by atoms with van der Waals surface area (Å²) in [6.45, 7) is 4.08. The van der Waals surface area contributed by atoms with Gasteiger partial charge in [-0.05, 0) is 31.6 Å². The van der Waals surface area contributed by atoms with Crippen molar-refractivity contribution in [2.24, 2.45) is 0 Å². The predicted octanol–water partition coefficient (Wildman–Crippen LogP) is 2.32. The standard InChI is InChI=1S/C14H23N3O3/c1-9(2)13-12(14(18)20-4)15-16-17(13)10-6-5-7-11(8-10)19-3/h9-11H,5-8H2,1-4H3. The Morgan fingerprint density at radius 2 is 2.10 bits per heavy atom. The van der Waals surface area contributed by atoms with Crippen molar-refractivity contribution in [2.75, 3.05) is 14.2 Å². The first-order chi connectivity index (χ1) is 9.58. The van der Waals surface area contributed by atoms with Gasteiger partial charge in [0.15, 0.2) is 5.69 Å². The summed E-state index contributed by atoms with van der Waals surface area (Å²) < 4.78 is 12.2. The van der Waals surface area contributed by atoms with E-state index in [1.54, 1.807) is 7.11 Å². The SMILES string of the molecule is COC(=O)c1nnn(C2CCCC(OC)C2)c1C(C)C. The van der Waals surface area contributed by atoms with Crippen LogP contribution < -0.4 is 0 Å². The minimum absolute atomic E-state index is 0.169. The van der Waals surface area contributed by atoms with Crippen LogP contribution in [0.25, 0.3) is 0 Å². The van der Waals surface area contributed by atoms with E-state index in [0.29, 0.717) is 5.69 Å². The Kier molecular flexibility index (Phi) is 4.75. The molecular weight excluding hydrogens is 258 g/mol. The Morgan fingerprint density at radius 1 is 1.35 bits per heavy atom. The summed E-state index contributed by atoms with van der Waals surface area (Å²) in [5.74, 6) is -0.249. The number of nitrogens with zero attached hydrogens (tertiary/aromatic N) is 3. The summed E-state index contributed by atoms with van der Waals surface area (Å²) in [6.07, 6.45) is 4.42. The molecule has 0 radical (unpaired) electrons. The highest BCUT2D eigenvalue weighted by Crippen LogP contribution is 2.32. The zero-order valence-electron chi connectivity index (χ0n) is 12.6. The molecule has 1 saturated carbocycles. The van der Waals surface area contributed by atoms with E-state index in [9.17, 15) is 4.79 Å². The molecule has 2 atom stereocenters. The molecule has 0 spiro atoms. The van der Waals surface area contributed by atoms with Gasteiger partial charge in [-0.1, -0.05) is 19.1 Å². The van der Waals surface area contributed by atoms with Crippen LogP contribution in [0.4, 0.5) is 0 Å². The van der Waals surface area contributed by atoms with Gasteiger partial charge in [-0.25, -0.2) is 9.48 Å². The molecule has 6 nitrogen and oxygen atoms in total. The minimum atomic E-state index is -0.418. The fourth-order valence-corrected chi connectivity index (χ4v) is 2.91. The van der Waals surface area contributed by atoms with Crippen molar-refractivity contribution < 1.29 is 14.3 Å². The third-order valence-electron chi connectivity index (χ3n) is 3.93. The maximum atomic E-state index is 11.8. The average Bonchev–Trinajstić information content (AvgIpc) is 2.91. The molecule has 1 heterocycles. The number of carbonyl (C=O) groups excluding carboxylic acids is 1. The Hall–Kier alpha value is -1.43. The van der Waals surface area contributed by atoms with Crippen LogP contribution in [-0.4, -0.2) is 41.3 Å². The monoisotopic (exact) mass is 281 g/mol. The second-order valence-corrected chi connectivity index (χ2v) is 5.59. The van der Waals surface area contributed by atoms with E-state index < -0.39 is 5.97 Å². The number of hydrogen-bond acceptors (Lipinski definition) is 5. The van der Waals surface area contributed by atoms with Gasteiger partial charge >= 0.3 is 5.97 Å². The molecule has 0 bridgehead atoms. The molecule has 6 heteroatoms. The Bertz CT molecular complexity index is 470. The van der Waals surface area contributed by atoms with E-state index in [4.69, 9.17) is 9.47 Å². The Balaban J connectivity index is 2.31. The van der Waals surface area contributed by atoms with E-state index >= 15 is 0 Å². The maximum absolute atomic E-state index is 11.8. The number of carbonyl (C=O) groups is 1. The number of ether oxygens (including phenoxy) is 2. The molecule has 0 aliphatic heterocycles. The van der Waals surface area contributed by atoms with Gasteiger partial charge < -0.3 is 9.47 Å². The molecule has 1 aromatic heterocycles. The first kappa shape index (κ1) is 15.0. The van der Waals surface area contributed by atoms with E-state index in [2.05, 4.69) is 10.3 Å². The van der Waals surface area contributed by atoms with Crippen LogP contribution in [0.2, 0.25) is 0 Å². The zero-order chi connectivity index (χ0) is 14.7. The van der Waals surface area contributed by atoms with Gasteiger partial charge in [0, 0.05) is 7.11 Å². The smallest absolute Gasteiger partial charge is 0.360 e. The topological polar surface area (TPSA) is 66.2 Å². The normalized spacial score (nSPS) is 23.1. The molecule has 1 aromatic rings. The lowest BCUT2D eigenvalue weighted by Crippen LogP contribution is -2.26. The molecule has 0 N–H and O–H groups in total. The van der Waals surface area contributed by atoms with Crippen molar-refractivity contribution >= 4 is 5.97 Å². The second kappa shape index (κ2) is 6.35. The highest BCUT2D eigenvalue weighted by molar-refractivity contribution is 5.88. The van der Waals surface area contributed by atoms with Crippen molar-refractivity contribution in [3.05, 3.63) is 11.4 Å². The number of aromatic nitrogens is 3. The molecular formula is C14H23N3O3. The number of methoxy groups -OCH3 is 2. The van der Waals surface area contributed by atoms with Crippen LogP contribution >= 0.6 is 0 Å². The average molecular weight is 281 g/mol. The highest BCUT2D eigenvalue weighted by Gasteiger charge is 2.30. The summed E-state index contributed by atoms with van der Waals surface area (Å²) in [5.41, 5.74) is 1.20. The largest absolute Gasteiger partial charge is 0.464 e. The predicted molar refractivity (Wildman–Crippen MR) is 73.8 cm³/mol. The van der Waals surface area contributed by atoms with Gasteiger partial charge in [-0.15, -0.1) is 5.10 Å². The van der Waals surface area contributed by atoms with Crippen LogP contribution in [0.5, 0.6) is 0 Å². The highest BCUT2D eigenvalue weighted by atomic mass is 16.5. The van der Waals surface area contributed by atoms with E-state index in [1.807, 2.05) is 18.5 Å². The molecule has 2 unspecified atom stereocenters. The van der Waals surface area contributed by atoms with Crippen molar-refractivity contribution in [1.29, 1.82) is 0 Å². The quantitative estimate of drug-likeness (QED) is 0.792. The van der Waals surface area contributed by atoms with Gasteiger partial charge in [0.2, 0.25) is 0 Å². The van der Waals surface area contributed by atoms with Crippen LogP contribution in [0.15, 0.2) is 0 Å². The summed E-state index contributed by atoms with van der Waals surface area (Å²) in [7, 11) is 3.12. The fraction of sp³-hybridized carbons (Fsp3) is 0.786. The van der Waals surface area contributed by atoms with Crippen LogP contribution in [0, 0.1) is 0 Å². The van der Waals surface area contributed by atoms with E-state index in [-0.39, 0.29) is 18.1 Å². The first-order valence-corrected chi connectivity index (χ1v) is 7.14. The summed E-state index contributed by atoms with van der Waals surface area (Å²) >= 11 is 0. The lowest BCUT2D eigenvalue weighted by molar-refractivity contribution is 0.0497. The number of esters is 1. The molecule has 0 saturated heterocycles. The third kappa shape index (κ3) is 2.85. The number of hydrogen-bond donors (Lipinski definition) is 0. The molecule has 0 amide bonds. The van der Waals surface area contributed by atoms with Crippen LogP contribution in [0.3, 0.4) is 0 Å². The lowest BCUT2D eigenvalue weighted by Gasteiger charge is -2.29. The van der Waals surface area contributed by atoms with Gasteiger partial charge in [0.1, 0.15) is 0 Å². The van der Waals surface area contributed by atoms with E-state index in [1.165, 1.54) is 7.11 Å². The lowest BCUT2D eigenvalue weighted by atomic mass is 9.92. The summed E-state index contributed by atoms with van der Waals surface area (Å²) in [6, 6.07) is 0.247. The minimum Gasteiger partial charge on any atom is -0.464 e. The summed E-state index contributed by atoms with van der Waals surface area (Å²) in [5, 5.41) is 8.24. The van der Waals surface area contributed by atoms with E-state index in [0.717, 1.165) is 31.4 Å². The van der Waals surface area contributed by atoms with Gasteiger partial charge in [0.05, 0.1) is 24.9 Å². The molecule has 112 valence electrons. The molecule has 1 aliphatic carbocycles. The second-order valence-electron chi connectivity index (χ2n) is 5.59. The van der Waals surface area contributed by atoms with Crippen molar-refractivity contribution in [3.63, 3.8) is 0 Å². The number of rotatable bonds is 4. The van der Waals surface area contributed by atoms with Crippen molar-refractivity contribution in [3.8, 4) is 0 Å². The van der Waals surface area contributed by atoms with Gasteiger partial charge in [0.25, 0.3) is 0 Å². The molecule has 20 heavy (non-hydrogen) atoms. The van der Waals surface area contributed by atoms with Crippen molar-refractivity contribution in [1.82, 2.24) is 15.0 Å². The van der Waals surface area contributed by atoms with Crippen LogP contribution in [0.1, 0.15) is 67.7 Å². The van der Waals surface area contributed by atoms with Gasteiger partial charge in [-0.2, -0.15) is 0 Å². The van der Waals surface area contributed by atoms with Crippen molar-refractivity contribution in [2.45, 2.75) is 57.6 Å². The first-order valence-electron chi connectivity index (χ1n) is 7.14. The Morgan fingerprint density at radius 3 is 2.70 bits per heavy atom. The third-order valence-corrected chi connectivity index (χ3v) is 3.93. The summed E-state index contributed by atoms with van der Waals surface area (Å²) in [4.78, 5) is 11.8. The maximum Gasteiger partial charge on any atom is 0.360 e. The molecule has 0 aromatic carbocycles. The fourth-order valence-electron chi connectivity index (χ4n) is 2.91. The van der Waals surface area contributed by atoms with Gasteiger partial charge in [-0.3, -0.25) is 0 Å². The molecule has 1 aliphatic rings. The Labute approximate surface area is 119 Å². The molecule has 2 rings (SSSR count). The van der Waals surface area contributed by atoms with Crippen LogP contribution in [-0.2, 0) is 9.47 Å². The zero-order valence-corrected chi connectivity index (χ0v) is 12.6.